The Morgan fingerprint density at radius 3 is 1.74 bits per heavy atom. The van der Waals surface area contributed by atoms with Crippen LogP contribution < -0.4 is 0 Å². The largest absolute Gasteiger partial charge is 0.462 e. The van der Waals surface area contributed by atoms with E-state index in [9.17, 15) is 4.79 Å². The number of rotatable bonds is 5. The molecule has 0 N–H and O–H groups in total. The molecule has 0 aromatic carbocycles. The fourth-order valence-electron chi connectivity index (χ4n) is 2.59. The SMILES string of the molecule is C=C(C)C(=O)OCCCC(C)(C(C)(C)C)C(C)(C)C. The summed E-state index contributed by atoms with van der Waals surface area (Å²) >= 11 is 0. The van der Waals surface area contributed by atoms with E-state index in [0.29, 0.717) is 12.2 Å². The van der Waals surface area contributed by atoms with E-state index in [1.54, 1.807) is 6.92 Å². The third kappa shape index (κ3) is 4.67. The van der Waals surface area contributed by atoms with E-state index in [1.807, 2.05) is 0 Å². The van der Waals surface area contributed by atoms with E-state index < -0.39 is 0 Å². The zero-order valence-electron chi connectivity index (χ0n) is 14.1. The predicted molar refractivity (Wildman–Crippen MR) is 82.0 cm³/mol. The number of hydrogen-bond donors (Lipinski definition) is 0. The highest BCUT2D eigenvalue weighted by Gasteiger charge is 2.45. The van der Waals surface area contributed by atoms with Gasteiger partial charge in [-0.2, -0.15) is 0 Å². The minimum absolute atomic E-state index is 0.190. The second kappa shape index (κ2) is 6.11. The van der Waals surface area contributed by atoms with Gasteiger partial charge in [-0.25, -0.2) is 4.79 Å². The van der Waals surface area contributed by atoms with Gasteiger partial charge in [-0.1, -0.05) is 55.0 Å². The second-order valence-corrected chi connectivity index (χ2v) is 7.85. The van der Waals surface area contributed by atoms with Gasteiger partial charge in [0.05, 0.1) is 6.61 Å². The van der Waals surface area contributed by atoms with Gasteiger partial charge in [-0.05, 0) is 36.0 Å². The van der Waals surface area contributed by atoms with Crippen molar-refractivity contribution in [3.05, 3.63) is 12.2 Å². The maximum Gasteiger partial charge on any atom is 0.333 e. The first-order valence-corrected chi connectivity index (χ1v) is 7.15. The van der Waals surface area contributed by atoms with Crippen molar-refractivity contribution in [1.82, 2.24) is 0 Å². The number of ether oxygens (including phenoxy) is 1. The van der Waals surface area contributed by atoms with Crippen molar-refractivity contribution in [2.45, 2.75) is 68.2 Å². The van der Waals surface area contributed by atoms with Crippen LogP contribution in [-0.4, -0.2) is 12.6 Å². The molecule has 0 aliphatic carbocycles. The molecule has 0 fully saturated rings. The maximum absolute atomic E-state index is 11.3. The average Bonchev–Trinajstić information content (AvgIpc) is 2.20. The van der Waals surface area contributed by atoms with Crippen LogP contribution in [0.1, 0.15) is 68.2 Å². The van der Waals surface area contributed by atoms with Crippen molar-refractivity contribution in [2.24, 2.45) is 16.2 Å². The minimum atomic E-state index is -0.284. The van der Waals surface area contributed by atoms with Crippen molar-refractivity contribution in [1.29, 1.82) is 0 Å². The normalized spacial score (nSPS) is 13.3. The van der Waals surface area contributed by atoms with Crippen molar-refractivity contribution < 1.29 is 9.53 Å². The van der Waals surface area contributed by atoms with Crippen LogP contribution in [0.2, 0.25) is 0 Å². The van der Waals surface area contributed by atoms with Gasteiger partial charge in [0.2, 0.25) is 0 Å². The molecular weight excluding hydrogens is 236 g/mol. The molecule has 0 aromatic rings. The summed E-state index contributed by atoms with van der Waals surface area (Å²) in [5, 5.41) is 0. The van der Waals surface area contributed by atoms with E-state index in [2.05, 4.69) is 55.0 Å². The Kier molecular flexibility index (Phi) is 5.85. The Hall–Kier alpha value is -0.790. The summed E-state index contributed by atoms with van der Waals surface area (Å²) in [4.78, 5) is 11.3. The van der Waals surface area contributed by atoms with Crippen LogP contribution in [0.4, 0.5) is 0 Å². The first-order valence-electron chi connectivity index (χ1n) is 7.15. The van der Waals surface area contributed by atoms with Crippen LogP contribution in [0.25, 0.3) is 0 Å². The first kappa shape index (κ1) is 18.2. The van der Waals surface area contributed by atoms with Crippen molar-refractivity contribution in [2.75, 3.05) is 6.61 Å². The average molecular weight is 268 g/mol. The maximum atomic E-state index is 11.3. The molecular formula is C17H32O2. The zero-order chi connectivity index (χ0) is 15.5. The first-order chi connectivity index (χ1) is 8.33. The Balaban J connectivity index is 4.56. The molecule has 0 radical (unpaired) electrons. The Morgan fingerprint density at radius 1 is 1.00 bits per heavy atom. The van der Waals surface area contributed by atoms with Crippen LogP contribution >= 0.6 is 0 Å². The van der Waals surface area contributed by atoms with Crippen LogP contribution in [-0.2, 0) is 9.53 Å². The fourth-order valence-corrected chi connectivity index (χ4v) is 2.59. The lowest BCUT2D eigenvalue weighted by molar-refractivity contribution is -0.139. The summed E-state index contributed by atoms with van der Waals surface area (Å²) in [6.45, 7) is 21.8. The molecule has 0 rings (SSSR count). The predicted octanol–water partition coefficient (Wildman–Crippen LogP) is 4.98. The minimum Gasteiger partial charge on any atom is -0.462 e. The molecule has 0 aliphatic rings. The molecule has 112 valence electrons. The Bertz CT molecular complexity index is 312. The van der Waals surface area contributed by atoms with Crippen molar-refractivity contribution >= 4 is 5.97 Å². The number of esters is 1. The lowest BCUT2D eigenvalue weighted by Gasteiger charge is -2.52. The van der Waals surface area contributed by atoms with E-state index in [1.165, 1.54) is 0 Å². The van der Waals surface area contributed by atoms with E-state index in [-0.39, 0.29) is 22.2 Å². The summed E-state index contributed by atoms with van der Waals surface area (Å²) in [6, 6.07) is 0. The highest BCUT2D eigenvalue weighted by molar-refractivity contribution is 5.86. The molecule has 0 aliphatic heterocycles. The molecule has 0 saturated heterocycles. The molecule has 0 heterocycles. The van der Waals surface area contributed by atoms with Crippen LogP contribution in [0.3, 0.4) is 0 Å². The van der Waals surface area contributed by atoms with Crippen LogP contribution in [0.15, 0.2) is 12.2 Å². The summed E-state index contributed by atoms with van der Waals surface area (Å²) < 4.78 is 5.19. The molecule has 0 unspecified atom stereocenters. The lowest BCUT2D eigenvalue weighted by atomic mass is 9.53. The van der Waals surface area contributed by atoms with Gasteiger partial charge in [-0.3, -0.25) is 0 Å². The van der Waals surface area contributed by atoms with E-state index in [4.69, 9.17) is 4.74 Å². The van der Waals surface area contributed by atoms with Crippen molar-refractivity contribution in [3.63, 3.8) is 0 Å². The highest BCUT2D eigenvalue weighted by Crippen LogP contribution is 2.54. The number of carbonyl (C=O) groups excluding carboxylic acids is 1. The summed E-state index contributed by atoms with van der Waals surface area (Å²) in [6.07, 6.45) is 1.94. The fraction of sp³-hybridized carbons (Fsp3) is 0.824. The molecule has 2 nitrogen and oxygen atoms in total. The van der Waals surface area contributed by atoms with Gasteiger partial charge in [-0.15, -0.1) is 0 Å². The van der Waals surface area contributed by atoms with E-state index >= 15 is 0 Å². The van der Waals surface area contributed by atoms with Crippen LogP contribution in [0, 0.1) is 16.2 Å². The van der Waals surface area contributed by atoms with Gasteiger partial charge in [0.1, 0.15) is 0 Å². The van der Waals surface area contributed by atoms with E-state index in [0.717, 1.165) is 12.8 Å². The molecule has 0 saturated carbocycles. The van der Waals surface area contributed by atoms with Crippen molar-refractivity contribution in [3.8, 4) is 0 Å². The van der Waals surface area contributed by atoms with Gasteiger partial charge in [0, 0.05) is 5.57 Å². The smallest absolute Gasteiger partial charge is 0.333 e. The summed E-state index contributed by atoms with van der Waals surface area (Å²) in [7, 11) is 0. The molecule has 0 spiro atoms. The van der Waals surface area contributed by atoms with Gasteiger partial charge >= 0.3 is 5.97 Å². The standard InChI is InChI=1S/C17H32O2/c1-13(2)14(18)19-12-10-11-17(9,15(3,4)5)16(6,7)8/h1,10-12H2,2-9H3. The van der Waals surface area contributed by atoms with Gasteiger partial charge in [0.15, 0.2) is 0 Å². The molecule has 0 atom stereocenters. The third-order valence-electron chi connectivity index (χ3n) is 4.71. The summed E-state index contributed by atoms with van der Waals surface area (Å²) in [5.74, 6) is -0.284. The van der Waals surface area contributed by atoms with Crippen LogP contribution in [0.5, 0.6) is 0 Å². The lowest BCUT2D eigenvalue weighted by Crippen LogP contribution is -2.44. The zero-order valence-corrected chi connectivity index (χ0v) is 14.1. The molecule has 0 bridgehead atoms. The van der Waals surface area contributed by atoms with Gasteiger partial charge in [0.25, 0.3) is 0 Å². The number of carbonyl (C=O) groups is 1. The quantitative estimate of drug-likeness (QED) is 0.399. The highest BCUT2D eigenvalue weighted by atomic mass is 16.5. The Labute approximate surface area is 119 Å². The molecule has 2 heteroatoms. The molecule has 0 amide bonds. The molecule has 19 heavy (non-hydrogen) atoms. The third-order valence-corrected chi connectivity index (χ3v) is 4.71. The Morgan fingerprint density at radius 2 is 1.42 bits per heavy atom. The van der Waals surface area contributed by atoms with Gasteiger partial charge < -0.3 is 4.74 Å². The topological polar surface area (TPSA) is 26.3 Å². The second-order valence-electron chi connectivity index (χ2n) is 7.85. The molecule has 0 aromatic heterocycles. The number of hydrogen-bond acceptors (Lipinski definition) is 2. The monoisotopic (exact) mass is 268 g/mol. The summed E-state index contributed by atoms with van der Waals surface area (Å²) in [5.41, 5.74) is 1.08.